The van der Waals surface area contributed by atoms with Gasteiger partial charge in [0.1, 0.15) is 0 Å². The maximum atomic E-state index is 5.47. The maximum absolute atomic E-state index is 5.47. The number of halogens is 8. The van der Waals surface area contributed by atoms with Crippen LogP contribution < -0.4 is 0 Å². The van der Waals surface area contributed by atoms with Gasteiger partial charge in [-0.25, -0.2) is 0 Å². The van der Waals surface area contributed by atoms with Gasteiger partial charge in [-0.15, -0.1) is 0 Å². The molecule has 0 fully saturated rings. The van der Waals surface area contributed by atoms with Crippen LogP contribution in [0.4, 0.5) is 0 Å². The van der Waals surface area contributed by atoms with Crippen LogP contribution in [0.1, 0.15) is 0 Å². The van der Waals surface area contributed by atoms with E-state index in [1.807, 2.05) is 0 Å². The van der Waals surface area contributed by atoms with Gasteiger partial charge < -0.3 is 0 Å². The van der Waals surface area contributed by atoms with E-state index < -0.39 is 16.9 Å². The van der Waals surface area contributed by atoms with E-state index in [4.69, 9.17) is 71.7 Å². The fraction of sp³-hybridized carbons (Fsp3) is 0. The molecule has 0 atom stereocenters. The van der Waals surface area contributed by atoms with Crippen molar-refractivity contribution in [1.29, 1.82) is 0 Å². The quantitative estimate of drug-likeness (QED) is 0.437. The van der Waals surface area contributed by atoms with Crippen molar-refractivity contribution in [1.82, 2.24) is 0 Å². The molecule has 0 spiro atoms. The average Bonchev–Trinajstić information content (AvgIpc) is 1.14. The van der Waals surface area contributed by atoms with E-state index in [1.165, 1.54) is 0 Å². The monoisotopic (exact) mass is 542 g/mol. The van der Waals surface area contributed by atoms with E-state index >= 15 is 0 Å². The van der Waals surface area contributed by atoms with Crippen molar-refractivity contribution in [2.24, 2.45) is 0 Å². The van der Waals surface area contributed by atoms with Crippen LogP contribution >= 0.6 is 71.7 Å². The second-order valence-electron chi connectivity index (χ2n) is 1.37. The molecule has 0 N–H and O–H groups in total. The van der Waals surface area contributed by atoms with Gasteiger partial charge in [0.15, 0.2) is 0 Å². The second kappa shape index (κ2) is 3.20. The Morgan fingerprint density at radius 2 is 0.500 bits per heavy atom. The van der Waals surface area contributed by atoms with Gasteiger partial charge in [0.2, 0.25) is 0 Å². The van der Waals surface area contributed by atoms with Crippen molar-refractivity contribution in [2.45, 2.75) is 0 Å². The Morgan fingerprint density at radius 1 is 0.400 bits per heavy atom. The van der Waals surface area contributed by atoms with Crippen molar-refractivity contribution in [2.75, 3.05) is 0 Å². The summed E-state index contributed by atoms with van der Waals surface area (Å²) in [5, 5.41) is 0. The van der Waals surface area contributed by atoms with Crippen molar-refractivity contribution >= 4 is 88.6 Å². The molecule has 0 aromatic heterocycles. The molecule has 0 aliphatic heterocycles. The Labute approximate surface area is 86.3 Å². The van der Waals surface area contributed by atoms with Gasteiger partial charge in [-0.1, -0.05) is 0 Å². The molecular weight excluding hydrogens is 539 g/mol. The SMILES string of the molecule is Cl[TeH](Cl)(Cl)(Cl)[TeH](Cl)(Cl)(Cl)Cl. The summed E-state index contributed by atoms with van der Waals surface area (Å²) in [7, 11) is 33.6. The van der Waals surface area contributed by atoms with Crippen LogP contribution in [0, 0.1) is 0 Å². The predicted octanol–water partition coefficient (Wildman–Crippen LogP) is 4.22. The molecule has 10 heteroatoms. The average molecular weight is 541 g/mol. The third kappa shape index (κ3) is 3.57. The van der Waals surface area contributed by atoms with Crippen LogP contribution in [-0.4, -0.2) is 16.9 Å². The van der Waals surface area contributed by atoms with Gasteiger partial charge in [0.05, 0.1) is 0 Å². The number of rotatable bonds is 1. The Kier molecular flexibility index (Phi) is 4.44. The van der Waals surface area contributed by atoms with Crippen molar-refractivity contribution in [3.8, 4) is 0 Å². The summed E-state index contributed by atoms with van der Waals surface area (Å²) in [5.74, 6) is 0. The van der Waals surface area contributed by atoms with E-state index in [-0.39, 0.29) is 0 Å². The molecule has 10 heavy (non-hydrogen) atoms. The predicted molar refractivity (Wildman–Crippen MR) is 61.1 cm³/mol. The molecule has 0 aromatic rings. The van der Waals surface area contributed by atoms with Crippen LogP contribution in [0.2, 0.25) is 0 Å². The van der Waals surface area contributed by atoms with E-state index in [9.17, 15) is 0 Å². The summed E-state index contributed by atoms with van der Waals surface area (Å²) in [4.78, 5) is 0. The van der Waals surface area contributed by atoms with Crippen LogP contribution in [0.5, 0.6) is 0 Å². The Balaban J connectivity index is 5.05. The number of hydrogen-bond acceptors (Lipinski definition) is 0. The zero-order valence-electron chi connectivity index (χ0n) is 3.92. The summed E-state index contributed by atoms with van der Waals surface area (Å²) in [5.41, 5.74) is 0. The molecule has 0 aliphatic carbocycles. The Morgan fingerprint density at radius 3 is 0.500 bits per heavy atom. The first kappa shape index (κ1) is 13.9. The summed E-state index contributed by atoms with van der Waals surface area (Å²) >= 11 is 0. The molecule has 0 saturated heterocycles. The molecule has 0 unspecified atom stereocenters. The zero-order valence-corrected chi connectivity index (χ0v) is 15.1. The third-order valence-corrected chi connectivity index (χ3v) is 185. The van der Waals surface area contributed by atoms with Crippen molar-refractivity contribution in [3.05, 3.63) is 0 Å². The fourth-order valence-corrected chi connectivity index (χ4v) is 0. The fourth-order valence-electron chi connectivity index (χ4n) is 0. The molecule has 0 radical (unpaired) electrons. The molecular formula is H2Cl8Te2. The normalized spacial score (nSPS) is 22.4. The van der Waals surface area contributed by atoms with Gasteiger partial charge in [-0.05, 0) is 0 Å². The summed E-state index contributed by atoms with van der Waals surface area (Å²) in [6, 6.07) is 0. The Hall–Kier alpha value is 3.90. The first-order valence-corrected chi connectivity index (χ1v) is 36.2. The summed E-state index contributed by atoms with van der Waals surface area (Å²) in [6.45, 7) is 0. The molecule has 0 aromatic carbocycles. The molecule has 0 aliphatic rings. The number of hydrogen-bond donors (Lipinski definition) is 0. The summed E-state index contributed by atoms with van der Waals surface area (Å²) < 4.78 is 0. The van der Waals surface area contributed by atoms with Crippen LogP contribution in [0.25, 0.3) is 0 Å². The third-order valence-electron chi connectivity index (χ3n) is 0.457. The molecule has 0 nitrogen and oxygen atoms in total. The van der Waals surface area contributed by atoms with Crippen LogP contribution in [-0.2, 0) is 0 Å². The van der Waals surface area contributed by atoms with E-state index in [2.05, 4.69) is 0 Å². The van der Waals surface area contributed by atoms with E-state index in [0.29, 0.717) is 0 Å². The molecule has 0 amide bonds. The second-order valence-corrected chi connectivity index (χ2v) is 128. The standard InChI is InChI=1S/Cl8H2Te2/c1-9(2,3,4)10(5,6,7)8/h9-10H. The van der Waals surface area contributed by atoms with E-state index in [1.54, 1.807) is 0 Å². The summed E-state index contributed by atoms with van der Waals surface area (Å²) in [6.07, 6.45) is 0. The topological polar surface area (TPSA) is 0 Å². The minimum absolute atomic E-state index is 5.06. The van der Waals surface area contributed by atoms with Crippen LogP contribution in [0.15, 0.2) is 0 Å². The van der Waals surface area contributed by atoms with Crippen molar-refractivity contribution in [3.63, 3.8) is 0 Å². The molecule has 0 bridgehead atoms. The van der Waals surface area contributed by atoms with Crippen molar-refractivity contribution < 1.29 is 0 Å². The molecule has 70 valence electrons. The van der Waals surface area contributed by atoms with Gasteiger partial charge in [-0.3, -0.25) is 0 Å². The van der Waals surface area contributed by atoms with Gasteiger partial charge in [-0.2, -0.15) is 0 Å². The van der Waals surface area contributed by atoms with Gasteiger partial charge in [0.25, 0.3) is 0 Å². The van der Waals surface area contributed by atoms with E-state index in [0.717, 1.165) is 0 Å². The first-order valence-electron chi connectivity index (χ1n) is 1.55. The zero-order chi connectivity index (χ0) is 8.89. The molecule has 0 heterocycles. The first-order chi connectivity index (χ1) is 3.78. The van der Waals surface area contributed by atoms with Gasteiger partial charge in [0, 0.05) is 0 Å². The molecule has 0 saturated carbocycles. The minimum atomic E-state index is -5.06. The molecule has 0 rings (SSSR count). The van der Waals surface area contributed by atoms with Gasteiger partial charge >= 0.3 is 88.6 Å². The Bertz CT molecular complexity index is 113. The van der Waals surface area contributed by atoms with Crippen LogP contribution in [0.3, 0.4) is 0 Å².